The van der Waals surface area contributed by atoms with Gasteiger partial charge in [-0.15, -0.1) is 0 Å². The zero-order valence-corrected chi connectivity index (χ0v) is 16.1. The fraction of sp³-hybridized carbons (Fsp3) is 0.619. The second kappa shape index (κ2) is 7.89. The molecule has 2 aliphatic heterocycles. The minimum atomic E-state index is -0.412. The summed E-state index contributed by atoms with van der Waals surface area (Å²) in [5.74, 6) is 1.12. The van der Waals surface area contributed by atoms with E-state index < -0.39 is 5.92 Å². The average Bonchev–Trinajstić information content (AvgIpc) is 3.20. The van der Waals surface area contributed by atoms with Gasteiger partial charge in [0.05, 0.1) is 13.0 Å². The number of ether oxygens (including phenoxy) is 1. The molecule has 0 unspecified atom stereocenters. The summed E-state index contributed by atoms with van der Waals surface area (Å²) < 4.78 is 5.31. The average molecular weight is 371 g/mol. The number of amides is 2. The van der Waals surface area contributed by atoms with Gasteiger partial charge in [0, 0.05) is 44.8 Å². The molecule has 6 nitrogen and oxygen atoms in total. The Bertz CT molecular complexity index is 707. The van der Waals surface area contributed by atoms with E-state index in [9.17, 15) is 9.59 Å². The van der Waals surface area contributed by atoms with Crippen LogP contribution in [0.15, 0.2) is 18.2 Å². The Hall–Kier alpha value is -2.08. The highest BCUT2D eigenvalue weighted by molar-refractivity contribution is 6.01. The molecule has 1 aliphatic carbocycles. The highest BCUT2D eigenvalue weighted by Crippen LogP contribution is 2.36. The van der Waals surface area contributed by atoms with E-state index in [4.69, 9.17) is 4.74 Å². The molecular formula is C21H29N3O3. The van der Waals surface area contributed by atoms with Crippen LogP contribution in [0.25, 0.3) is 0 Å². The first-order valence-corrected chi connectivity index (χ1v) is 10.1. The van der Waals surface area contributed by atoms with Crippen LogP contribution in [0.3, 0.4) is 0 Å². The molecule has 1 aromatic carbocycles. The van der Waals surface area contributed by atoms with Gasteiger partial charge in [-0.05, 0) is 42.5 Å². The second-order valence-corrected chi connectivity index (χ2v) is 8.03. The molecule has 4 rings (SSSR count). The quantitative estimate of drug-likeness (QED) is 0.883. The van der Waals surface area contributed by atoms with Crippen molar-refractivity contribution in [2.24, 2.45) is 5.92 Å². The van der Waals surface area contributed by atoms with E-state index >= 15 is 0 Å². The molecule has 0 radical (unpaired) electrons. The second-order valence-electron chi connectivity index (χ2n) is 8.03. The maximum Gasteiger partial charge on any atom is 0.230 e. The number of methoxy groups -OCH3 is 1. The summed E-state index contributed by atoms with van der Waals surface area (Å²) >= 11 is 0. The number of nitrogens with one attached hydrogen (secondary N) is 1. The van der Waals surface area contributed by atoms with Gasteiger partial charge in [0.15, 0.2) is 0 Å². The fourth-order valence-corrected chi connectivity index (χ4v) is 4.72. The number of hydrogen-bond donors (Lipinski definition) is 1. The van der Waals surface area contributed by atoms with Crippen LogP contribution in [-0.4, -0.2) is 61.4 Å². The van der Waals surface area contributed by atoms with Gasteiger partial charge >= 0.3 is 0 Å². The Morgan fingerprint density at radius 2 is 1.93 bits per heavy atom. The van der Waals surface area contributed by atoms with E-state index in [2.05, 4.69) is 10.2 Å². The van der Waals surface area contributed by atoms with Gasteiger partial charge in [-0.2, -0.15) is 0 Å². The van der Waals surface area contributed by atoms with Gasteiger partial charge in [0.1, 0.15) is 5.75 Å². The van der Waals surface area contributed by atoms with Gasteiger partial charge in [0.25, 0.3) is 0 Å². The number of benzene rings is 1. The summed E-state index contributed by atoms with van der Waals surface area (Å²) in [7, 11) is 1.61. The summed E-state index contributed by atoms with van der Waals surface area (Å²) in [5.41, 5.74) is 1.60. The molecule has 2 heterocycles. The van der Waals surface area contributed by atoms with Crippen LogP contribution in [0.2, 0.25) is 0 Å². The molecule has 146 valence electrons. The largest absolute Gasteiger partial charge is 0.497 e. The number of carbonyl (C=O) groups is 2. The summed E-state index contributed by atoms with van der Waals surface area (Å²) in [4.78, 5) is 29.7. The number of carbonyl (C=O) groups excluding carboxylic acids is 2. The summed E-state index contributed by atoms with van der Waals surface area (Å²) in [6, 6.07) is 5.52. The van der Waals surface area contributed by atoms with Gasteiger partial charge in [0.2, 0.25) is 11.8 Å². The van der Waals surface area contributed by atoms with Crippen molar-refractivity contribution in [3.05, 3.63) is 23.8 Å². The number of anilines is 1. The zero-order chi connectivity index (χ0) is 18.8. The molecule has 0 aromatic heterocycles. The Labute approximate surface area is 160 Å². The normalized spacial score (nSPS) is 23.8. The molecule has 3 aliphatic rings. The number of piperazine rings is 1. The van der Waals surface area contributed by atoms with E-state index in [1.807, 2.05) is 23.1 Å². The number of fused-ring (bicyclic) bond motifs is 1. The molecule has 1 atom stereocenters. The van der Waals surface area contributed by atoms with E-state index in [0.717, 1.165) is 43.3 Å². The van der Waals surface area contributed by atoms with Crippen LogP contribution in [-0.2, 0) is 9.59 Å². The smallest absolute Gasteiger partial charge is 0.230 e. The number of nitrogens with zero attached hydrogens (tertiary/aromatic N) is 2. The number of rotatable bonds is 4. The SMILES string of the molecule is COc1ccc2c(c1)[C@@H](C(=O)N1CCN(CC3CCCC3)CC1)CC(=O)N2. The Kier molecular flexibility index (Phi) is 5.34. The van der Waals surface area contributed by atoms with Crippen molar-refractivity contribution in [1.82, 2.24) is 9.80 Å². The van der Waals surface area contributed by atoms with Crippen LogP contribution in [0.5, 0.6) is 5.75 Å². The predicted octanol–water partition coefficient (Wildman–Crippen LogP) is 2.46. The van der Waals surface area contributed by atoms with Crippen molar-refractivity contribution in [2.75, 3.05) is 45.2 Å². The molecule has 2 amide bonds. The fourth-order valence-electron chi connectivity index (χ4n) is 4.72. The Morgan fingerprint density at radius 1 is 1.19 bits per heavy atom. The van der Waals surface area contributed by atoms with Crippen LogP contribution in [0.1, 0.15) is 43.6 Å². The first-order chi connectivity index (χ1) is 13.1. The minimum Gasteiger partial charge on any atom is -0.497 e. The van der Waals surface area contributed by atoms with E-state index in [0.29, 0.717) is 5.75 Å². The zero-order valence-electron chi connectivity index (χ0n) is 16.1. The minimum absolute atomic E-state index is 0.0693. The van der Waals surface area contributed by atoms with Crippen molar-refractivity contribution < 1.29 is 14.3 Å². The molecule has 1 saturated carbocycles. The maximum atomic E-state index is 13.2. The molecule has 0 spiro atoms. The lowest BCUT2D eigenvalue weighted by atomic mass is 9.89. The molecule has 1 saturated heterocycles. The maximum absolute atomic E-state index is 13.2. The summed E-state index contributed by atoms with van der Waals surface area (Å²) in [5, 5.41) is 2.87. The van der Waals surface area contributed by atoms with Crippen molar-refractivity contribution >= 4 is 17.5 Å². The molecule has 27 heavy (non-hydrogen) atoms. The molecule has 1 N–H and O–H groups in total. The van der Waals surface area contributed by atoms with Gasteiger partial charge in [-0.3, -0.25) is 14.5 Å². The highest BCUT2D eigenvalue weighted by Gasteiger charge is 2.35. The third-order valence-corrected chi connectivity index (χ3v) is 6.27. The molecule has 0 bridgehead atoms. The monoisotopic (exact) mass is 371 g/mol. The summed E-state index contributed by atoms with van der Waals surface area (Å²) in [6.45, 7) is 4.55. The van der Waals surface area contributed by atoms with E-state index in [1.54, 1.807) is 7.11 Å². The lowest BCUT2D eigenvalue weighted by Gasteiger charge is -2.38. The van der Waals surface area contributed by atoms with Crippen LogP contribution >= 0.6 is 0 Å². The van der Waals surface area contributed by atoms with Gasteiger partial charge in [-0.25, -0.2) is 0 Å². The first kappa shape index (κ1) is 18.3. The van der Waals surface area contributed by atoms with Crippen molar-refractivity contribution in [1.29, 1.82) is 0 Å². The lowest BCUT2D eigenvalue weighted by Crippen LogP contribution is -2.51. The lowest BCUT2D eigenvalue weighted by molar-refractivity contribution is -0.136. The van der Waals surface area contributed by atoms with Crippen molar-refractivity contribution in [2.45, 2.75) is 38.0 Å². The van der Waals surface area contributed by atoms with Gasteiger partial charge in [-0.1, -0.05) is 12.8 Å². The Morgan fingerprint density at radius 3 is 2.63 bits per heavy atom. The van der Waals surface area contributed by atoms with Crippen molar-refractivity contribution in [3.63, 3.8) is 0 Å². The van der Waals surface area contributed by atoms with E-state index in [-0.39, 0.29) is 18.2 Å². The summed E-state index contributed by atoms with van der Waals surface area (Å²) in [6.07, 6.45) is 5.66. The van der Waals surface area contributed by atoms with Gasteiger partial charge < -0.3 is 15.0 Å². The standard InChI is InChI=1S/C21H29N3O3/c1-27-16-6-7-19-17(12-16)18(13-20(25)22-19)21(26)24-10-8-23(9-11-24)14-15-4-2-3-5-15/h6-7,12,15,18H,2-5,8-11,13-14H2,1H3,(H,22,25)/t18-/m0/s1. The highest BCUT2D eigenvalue weighted by atomic mass is 16.5. The van der Waals surface area contributed by atoms with Crippen molar-refractivity contribution in [3.8, 4) is 5.75 Å². The predicted molar refractivity (Wildman–Crippen MR) is 104 cm³/mol. The van der Waals surface area contributed by atoms with E-state index in [1.165, 1.54) is 32.2 Å². The van der Waals surface area contributed by atoms with Crippen LogP contribution < -0.4 is 10.1 Å². The molecule has 1 aromatic rings. The number of hydrogen-bond acceptors (Lipinski definition) is 4. The van der Waals surface area contributed by atoms with Crippen LogP contribution in [0, 0.1) is 5.92 Å². The van der Waals surface area contributed by atoms with Crippen LogP contribution in [0.4, 0.5) is 5.69 Å². The topological polar surface area (TPSA) is 61.9 Å². The molecule has 2 fully saturated rings. The third-order valence-electron chi connectivity index (χ3n) is 6.27. The molecular weight excluding hydrogens is 342 g/mol. The third kappa shape index (κ3) is 3.95. The Balaban J connectivity index is 1.42. The molecule has 6 heteroatoms. The first-order valence-electron chi connectivity index (χ1n) is 10.1.